The van der Waals surface area contributed by atoms with E-state index in [0.29, 0.717) is 18.5 Å². The fourth-order valence-corrected chi connectivity index (χ4v) is 4.49. The van der Waals surface area contributed by atoms with Crippen molar-refractivity contribution in [3.05, 3.63) is 109 Å². The fraction of sp³-hybridized carbons (Fsp3) is 0.120. The Hall–Kier alpha value is -3.71. The smallest absolute Gasteiger partial charge is 0.261 e. The van der Waals surface area contributed by atoms with E-state index in [2.05, 4.69) is 9.71 Å². The first-order chi connectivity index (χ1) is 15.5. The minimum Gasteiger partial charge on any atom is -0.322 e. The molecule has 0 spiro atoms. The molecule has 0 bridgehead atoms. The third kappa shape index (κ3) is 5.31. The van der Waals surface area contributed by atoms with E-state index in [1.54, 1.807) is 36.7 Å². The number of rotatable bonds is 9. The summed E-state index contributed by atoms with van der Waals surface area (Å²) in [5, 5.41) is 0. The number of sulfonamides is 1. The number of ketones is 1. The molecule has 0 saturated carbocycles. The van der Waals surface area contributed by atoms with Gasteiger partial charge in [-0.3, -0.25) is 14.5 Å². The first-order valence-corrected chi connectivity index (χ1v) is 11.7. The van der Waals surface area contributed by atoms with Crippen molar-refractivity contribution in [1.29, 1.82) is 0 Å². The molecule has 0 radical (unpaired) electrons. The standard InChI is InChI=1S/C25H23N3O3S/c29-22(12-9-21-6-5-15-26-19-21)18-20-10-13-23(14-11-20)32(30,31)27-24-7-1-2-8-25(24)28-16-3-4-17-28/h1-8,10-11,13-17,19,27H,9,12,18H2. The zero-order chi connectivity index (χ0) is 22.4. The van der Waals surface area contributed by atoms with E-state index in [1.165, 1.54) is 12.1 Å². The van der Waals surface area contributed by atoms with Crippen molar-refractivity contribution >= 4 is 21.5 Å². The Labute approximate surface area is 187 Å². The molecule has 7 heteroatoms. The topological polar surface area (TPSA) is 81.1 Å². The van der Waals surface area contributed by atoms with Crippen LogP contribution >= 0.6 is 0 Å². The van der Waals surface area contributed by atoms with E-state index in [4.69, 9.17) is 0 Å². The van der Waals surface area contributed by atoms with Gasteiger partial charge in [0.1, 0.15) is 5.78 Å². The lowest BCUT2D eigenvalue weighted by molar-refractivity contribution is -0.118. The second-order valence-corrected chi connectivity index (χ2v) is 9.12. The van der Waals surface area contributed by atoms with Crippen molar-refractivity contribution in [2.75, 3.05) is 4.72 Å². The molecular formula is C25H23N3O3S. The van der Waals surface area contributed by atoms with Crippen LogP contribution in [0, 0.1) is 0 Å². The molecule has 0 fully saturated rings. The molecule has 0 unspecified atom stereocenters. The number of hydrogen-bond donors (Lipinski definition) is 1. The normalized spacial score (nSPS) is 11.2. The largest absolute Gasteiger partial charge is 0.322 e. The summed E-state index contributed by atoms with van der Waals surface area (Å²) >= 11 is 0. The summed E-state index contributed by atoms with van der Waals surface area (Å²) in [6, 6.07) is 21.2. The van der Waals surface area contributed by atoms with Crippen LogP contribution in [-0.4, -0.2) is 23.8 Å². The van der Waals surface area contributed by atoms with Gasteiger partial charge in [-0.1, -0.05) is 30.3 Å². The lowest BCUT2D eigenvalue weighted by atomic mass is 10.0. The average molecular weight is 446 g/mol. The Morgan fingerprint density at radius 3 is 2.34 bits per heavy atom. The highest BCUT2D eigenvalue weighted by atomic mass is 32.2. The number of carbonyl (C=O) groups excluding carboxylic acids is 1. The molecule has 1 N–H and O–H groups in total. The summed E-state index contributed by atoms with van der Waals surface area (Å²) in [5.74, 6) is 0.100. The summed E-state index contributed by atoms with van der Waals surface area (Å²) < 4.78 is 30.4. The van der Waals surface area contributed by atoms with Gasteiger partial charge in [0.2, 0.25) is 0 Å². The second kappa shape index (κ2) is 9.62. The van der Waals surface area contributed by atoms with Crippen LogP contribution in [0.3, 0.4) is 0 Å². The first-order valence-electron chi connectivity index (χ1n) is 10.3. The monoisotopic (exact) mass is 445 g/mol. The summed E-state index contributed by atoms with van der Waals surface area (Å²) in [6.07, 6.45) is 8.50. The maximum Gasteiger partial charge on any atom is 0.261 e. The van der Waals surface area contributed by atoms with E-state index in [1.807, 2.05) is 53.4 Å². The van der Waals surface area contributed by atoms with Crippen LogP contribution < -0.4 is 4.72 Å². The van der Waals surface area contributed by atoms with E-state index in [9.17, 15) is 13.2 Å². The number of aryl methyl sites for hydroxylation is 1. The number of nitrogens with one attached hydrogen (secondary N) is 1. The lowest BCUT2D eigenvalue weighted by Gasteiger charge is -2.13. The van der Waals surface area contributed by atoms with Gasteiger partial charge in [-0.25, -0.2) is 8.42 Å². The number of anilines is 1. The number of aromatic nitrogens is 2. The minimum atomic E-state index is -3.77. The number of nitrogens with zero attached hydrogens (tertiary/aromatic N) is 2. The highest BCUT2D eigenvalue weighted by molar-refractivity contribution is 7.92. The van der Waals surface area contributed by atoms with Gasteiger partial charge in [0.25, 0.3) is 10.0 Å². The summed E-state index contributed by atoms with van der Waals surface area (Å²) in [6.45, 7) is 0. The van der Waals surface area contributed by atoms with Crippen LogP contribution in [0.25, 0.3) is 5.69 Å². The SMILES string of the molecule is O=C(CCc1cccnc1)Cc1ccc(S(=O)(=O)Nc2ccccc2-n2cccc2)cc1. The van der Waals surface area contributed by atoms with E-state index in [0.717, 1.165) is 16.8 Å². The number of Topliss-reactive ketones (excluding diaryl/α,β-unsaturated/α-hetero) is 1. The summed E-state index contributed by atoms with van der Waals surface area (Å²) in [5.41, 5.74) is 3.02. The number of benzene rings is 2. The van der Waals surface area contributed by atoms with Crippen LogP contribution in [-0.2, 0) is 27.7 Å². The molecule has 4 rings (SSSR count). The average Bonchev–Trinajstić information content (AvgIpc) is 3.34. The Balaban J connectivity index is 1.42. The molecule has 6 nitrogen and oxygen atoms in total. The predicted octanol–water partition coefficient (Wildman–Crippen LogP) is 4.42. The molecule has 0 aliphatic rings. The van der Waals surface area contributed by atoms with E-state index in [-0.39, 0.29) is 17.1 Å². The zero-order valence-electron chi connectivity index (χ0n) is 17.4. The van der Waals surface area contributed by atoms with Gasteiger partial charge < -0.3 is 4.57 Å². The molecule has 162 valence electrons. The van der Waals surface area contributed by atoms with Gasteiger partial charge in [-0.05, 0) is 60.0 Å². The van der Waals surface area contributed by atoms with Gasteiger partial charge in [0.15, 0.2) is 0 Å². The second-order valence-electron chi connectivity index (χ2n) is 7.43. The van der Waals surface area contributed by atoms with Gasteiger partial charge in [-0.15, -0.1) is 0 Å². The molecular weight excluding hydrogens is 422 g/mol. The van der Waals surface area contributed by atoms with Gasteiger partial charge in [0, 0.05) is 37.6 Å². The van der Waals surface area contributed by atoms with Gasteiger partial charge >= 0.3 is 0 Å². The van der Waals surface area contributed by atoms with Gasteiger partial charge in [0.05, 0.1) is 16.3 Å². The number of hydrogen-bond acceptors (Lipinski definition) is 4. The molecule has 0 aliphatic carbocycles. The Morgan fingerprint density at radius 2 is 1.62 bits per heavy atom. The lowest BCUT2D eigenvalue weighted by Crippen LogP contribution is -2.14. The Bertz CT molecular complexity index is 1280. The third-order valence-corrected chi connectivity index (χ3v) is 6.46. The highest BCUT2D eigenvalue weighted by Gasteiger charge is 2.17. The highest BCUT2D eigenvalue weighted by Crippen LogP contribution is 2.24. The first kappa shape index (κ1) is 21.5. The van der Waals surface area contributed by atoms with Crippen molar-refractivity contribution in [2.24, 2.45) is 0 Å². The Kier molecular flexibility index (Phi) is 6.47. The maximum absolute atomic E-state index is 12.9. The molecule has 2 heterocycles. The van der Waals surface area contributed by atoms with E-state index < -0.39 is 10.0 Å². The predicted molar refractivity (Wildman–Crippen MR) is 124 cm³/mol. The number of carbonyl (C=O) groups is 1. The molecule has 4 aromatic rings. The van der Waals surface area contributed by atoms with Crippen molar-refractivity contribution in [2.45, 2.75) is 24.2 Å². The number of para-hydroxylation sites is 2. The molecule has 2 aromatic heterocycles. The Morgan fingerprint density at radius 1 is 0.875 bits per heavy atom. The molecule has 2 aromatic carbocycles. The van der Waals surface area contributed by atoms with Crippen molar-refractivity contribution in [1.82, 2.24) is 9.55 Å². The number of pyridine rings is 1. The third-order valence-electron chi connectivity index (χ3n) is 5.08. The van der Waals surface area contributed by atoms with E-state index >= 15 is 0 Å². The zero-order valence-corrected chi connectivity index (χ0v) is 18.2. The van der Waals surface area contributed by atoms with Crippen LogP contribution in [0.1, 0.15) is 17.5 Å². The molecule has 0 amide bonds. The summed E-state index contributed by atoms with van der Waals surface area (Å²) in [4.78, 5) is 16.5. The van der Waals surface area contributed by atoms with Gasteiger partial charge in [-0.2, -0.15) is 0 Å². The van der Waals surface area contributed by atoms with Crippen molar-refractivity contribution < 1.29 is 13.2 Å². The van der Waals surface area contributed by atoms with Crippen LogP contribution in [0.15, 0.2) is 102 Å². The minimum absolute atomic E-state index is 0.100. The quantitative estimate of drug-likeness (QED) is 0.414. The molecule has 0 aliphatic heterocycles. The van der Waals surface area contributed by atoms with Crippen molar-refractivity contribution in [3.8, 4) is 5.69 Å². The fourth-order valence-electron chi connectivity index (χ4n) is 3.42. The van der Waals surface area contributed by atoms with Crippen LogP contribution in [0.4, 0.5) is 5.69 Å². The van der Waals surface area contributed by atoms with Crippen molar-refractivity contribution in [3.63, 3.8) is 0 Å². The molecule has 32 heavy (non-hydrogen) atoms. The summed E-state index contributed by atoms with van der Waals surface area (Å²) in [7, 11) is -3.77. The molecule has 0 atom stereocenters. The van der Waals surface area contributed by atoms with Crippen LogP contribution in [0.5, 0.6) is 0 Å². The molecule has 0 saturated heterocycles. The maximum atomic E-state index is 12.9. The van der Waals surface area contributed by atoms with Crippen LogP contribution in [0.2, 0.25) is 0 Å².